The molecule has 0 aliphatic carbocycles. The van der Waals surface area contributed by atoms with Crippen LogP contribution in [0.1, 0.15) is 11.1 Å². The van der Waals surface area contributed by atoms with Crippen LogP contribution in [0.15, 0.2) is 48.7 Å². The number of benzene rings is 2. The number of aromatic amines is 1. The van der Waals surface area contributed by atoms with Crippen LogP contribution >= 0.6 is 0 Å². The second-order valence-electron chi connectivity index (χ2n) is 5.35. The normalized spacial score (nSPS) is 11.7. The van der Waals surface area contributed by atoms with Gasteiger partial charge in [0, 0.05) is 22.5 Å². The van der Waals surface area contributed by atoms with Gasteiger partial charge in [0.05, 0.1) is 11.0 Å². The number of nitrogens with two attached hydrogens (primary N) is 2. The first-order chi connectivity index (χ1) is 11.2. The van der Waals surface area contributed by atoms with E-state index in [2.05, 4.69) is 33.2 Å². The van der Waals surface area contributed by atoms with E-state index >= 15 is 0 Å². The average molecular weight is 301 g/mol. The first-order valence-corrected chi connectivity index (χ1v) is 7.28. The highest BCUT2D eigenvalue weighted by Crippen LogP contribution is 2.31. The van der Waals surface area contributed by atoms with E-state index in [-0.39, 0.29) is 0 Å². The zero-order chi connectivity index (χ0) is 15.8. The van der Waals surface area contributed by atoms with Gasteiger partial charge in [-0.3, -0.25) is 4.98 Å². The molecule has 2 aromatic heterocycles. The number of fused-ring (bicyclic) bond motifs is 3. The third-order valence-electron chi connectivity index (χ3n) is 3.83. The van der Waals surface area contributed by atoms with Crippen LogP contribution in [0.4, 0.5) is 11.8 Å². The topological polar surface area (TPSA) is 93.6 Å². The van der Waals surface area contributed by atoms with Crippen LogP contribution in [0.3, 0.4) is 0 Å². The summed E-state index contributed by atoms with van der Waals surface area (Å²) in [5.41, 5.74) is 15.7. The van der Waals surface area contributed by atoms with Gasteiger partial charge in [-0.1, -0.05) is 42.5 Å². The Labute approximate surface area is 132 Å². The lowest BCUT2D eigenvalue weighted by molar-refractivity contribution is 1.25. The van der Waals surface area contributed by atoms with Gasteiger partial charge in [0.15, 0.2) is 5.95 Å². The van der Waals surface area contributed by atoms with Crippen LogP contribution < -0.4 is 11.5 Å². The van der Waals surface area contributed by atoms with Crippen molar-refractivity contribution in [3.8, 4) is 0 Å². The summed E-state index contributed by atoms with van der Waals surface area (Å²) in [6.45, 7) is 0. The van der Waals surface area contributed by atoms with Gasteiger partial charge >= 0.3 is 0 Å². The lowest BCUT2D eigenvalue weighted by Gasteiger charge is -2.07. The maximum Gasteiger partial charge on any atom is 0.199 e. The molecule has 5 nitrogen and oxygen atoms in total. The Morgan fingerprint density at radius 3 is 2.65 bits per heavy atom. The van der Waals surface area contributed by atoms with E-state index in [0.29, 0.717) is 11.8 Å². The van der Waals surface area contributed by atoms with Crippen LogP contribution in [-0.4, -0.2) is 15.0 Å². The average Bonchev–Trinajstić information content (AvgIpc) is 3.02. The molecular weight excluding hydrogens is 286 g/mol. The standard InChI is InChI=1S/C18H15N5/c19-17-15-13-8-9-21-16(13)12(10-14(15)22-18(20)23-17)7-6-11-4-2-1-3-5-11/h1-10H,19H2,(H3,20,22,23)/b7-6+. The van der Waals surface area contributed by atoms with Crippen LogP contribution in [0, 0.1) is 0 Å². The molecule has 0 spiro atoms. The molecule has 4 rings (SSSR count). The van der Waals surface area contributed by atoms with E-state index in [4.69, 9.17) is 11.5 Å². The molecule has 0 saturated heterocycles. The van der Waals surface area contributed by atoms with E-state index < -0.39 is 0 Å². The predicted octanol–water partition coefficient (Wildman–Crippen LogP) is 3.45. The largest absolute Gasteiger partial charge is 0.383 e. The number of nitrogens with zero attached hydrogens (tertiary/aromatic N) is 2. The molecule has 0 radical (unpaired) electrons. The second-order valence-corrected chi connectivity index (χ2v) is 5.35. The third-order valence-corrected chi connectivity index (χ3v) is 3.83. The molecule has 0 fully saturated rings. The molecule has 2 aromatic carbocycles. The number of rotatable bonds is 2. The molecule has 0 saturated carbocycles. The lowest BCUT2D eigenvalue weighted by atomic mass is 10.0. The number of anilines is 2. The Hall–Kier alpha value is -3.34. The molecule has 0 aliphatic rings. The van der Waals surface area contributed by atoms with Gasteiger partial charge in [0.2, 0.25) is 0 Å². The molecular formula is C18H15N5. The Morgan fingerprint density at radius 1 is 1.00 bits per heavy atom. The molecule has 0 atom stereocenters. The fourth-order valence-corrected chi connectivity index (χ4v) is 2.81. The highest BCUT2D eigenvalue weighted by molar-refractivity contribution is 6.13. The highest BCUT2D eigenvalue weighted by Gasteiger charge is 2.11. The monoisotopic (exact) mass is 301 g/mol. The number of hydrogen-bond donors (Lipinski definition) is 3. The van der Waals surface area contributed by atoms with E-state index in [9.17, 15) is 0 Å². The fraction of sp³-hybridized carbons (Fsp3) is 0. The molecule has 0 unspecified atom stereocenters. The predicted molar refractivity (Wildman–Crippen MR) is 95.6 cm³/mol. The first kappa shape index (κ1) is 13.3. The number of aromatic nitrogens is 3. The van der Waals surface area contributed by atoms with Gasteiger partial charge in [-0.15, -0.1) is 0 Å². The van der Waals surface area contributed by atoms with Crippen molar-refractivity contribution in [1.82, 2.24) is 15.0 Å². The van der Waals surface area contributed by atoms with E-state index in [0.717, 1.165) is 32.9 Å². The Morgan fingerprint density at radius 2 is 1.83 bits per heavy atom. The minimum atomic E-state index is 0.298. The minimum Gasteiger partial charge on any atom is -0.383 e. The molecule has 0 aliphatic heterocycles. The van der Waals surface area contributed by atoms with Gasteiger partial charge in [-0.25, -0.2) is 0 Å². The van der Waals surface area contributed by atoms with E-state index in [1.807, 2.05) is 36.4 Å². The summed E-state index contributed by atoms with van der Waals surface area (Å²) in [5, 5.41) is 1.82. The van der Waals surface area contributed by atoms with Gasteiger partial charge in [-0.2, -0.15) is 4.98 Å². The molecule has 23 heavy (non-hydrogen) atoms. The molecule has 0 bridgehead atoms. The molecule has 0 amide bonds. The van der Waals surface area contributed by atoms with Gasteiger partial charge < -0.3 is 16.5 Å². The summed E-state index contributed by atoms with van der Waals surface area (Å²) in [4.78, 5) is 11.6. The van der Waals surface area contributed by atoms with E-state index in [1.165, 1.54) is 0 Å². The quantitative estimate of drug-likeness (QED) is 0.494. The lowest BCUT2D eigenvalue weighted by Crippen LogP contribution is -2.01. The number of hydrogen-bond acceptors (Lipinski definition) is 4. The fourth-order valence-electron chi connectivity index (χ4n) is 2.81. The van der Waals surface area contributed by atoms with Crippen LogP contribution in [-0.2, 0) is 0 Å². The third kappa shape index (κ3) is 2.28. The molecule has 2 heterocycles. The van der Waals surface area contributed by atoms with Crippen molar-refractivity contribution >= 4 is 45.7 Å². The number of nitrogen functional groups attached to an aromatic ring is 2. The van der Waals surface area contributed by atoms with Crippen molar-refractivity contribution < 1.29 is 0 Å². The maximum atomic E-state index is 6.04. The van der Waals surface area contributed by atoms with Crippen LogP contribution in [0.5, 0.6) is 0 Å². The Balaban J connectivity index is 1.95. The van der Waals surface area contributed by atoms with Crippen molar-refractivity contribution in [3.63, 3.8) is 0 Å². The second kappa shape index (κ2) is 5.14. The molecule has 5 N–H and O–H groups in total. The summed E-state index contributed by atoms with van der Waals surface area (Å²) in [7, 11) is 0. The summed E-state index contributed by atoms with van der Waals surface area (Å²) < 4.78 is 0. The van der Waals surface area contributed by atoms with Crippen molar-refractivity contribution in [2.45, 2.75) is 0 Å². The molecule has 4 aromatic rings. The van der Waals surface area contributed by atoms with Crippen molar-refractivity contribution in [2.75, 3.05) is 11.5 Å². The summed E-state index contributed by atoms with van der Waals surface area (Å²) in [6, 6.07) is 14.1. The minimum absolute atomic E-state index is 0.298. The molecule has 5 heteroatoms. The van der Waals surface area contributed by atoms with Gasteiger partial charge in [0.25, 0.3) is 0 Å². The highest BCUT2D eigenvalue weighted by atomic mass is 15.0. The molecule has 112 valence electrons. The number of nitrogens with one attached hydrogen (secondary N) is 1. The summed E-state index contributed by atoms with van der Waals surface area (Å²) in [5.74, 6) is 0.708. The SMILES string of the molecule is Nc1nc(N)c2c(cc(/C=C/c3ccccc3)c3nccc32)[nH]1. The zero-order valence-corrected chi connectivity index (χ0v) is 12.3. The summed E-state index contributed by atoms with van der Waals surface area (Å²) >= 11 is 0. The summed E-state index contributed by atoms with van der Waals surface area (Å²) in [6.07, 6.45) is 5.88. The van der Waals surface area contributed by atoms with Crippen molar-refractivity contribution in [1.29, 1.82) is 0 Å². The Kier molecular flexibility index (Phi) is 2.98. The zero-order valence-electron chi connectivity index (χ0n) is 12.3. The van der Waals surface area contributed by atoms with Crippen molar-refractivity contribution in [2.24, 2.45) is 0 Å². The van der Waals surface area contributed by atoms with Crippen molar-refractivity contribution in [3.05, 3.63) is 59.8 Å². The van der Waals surface area contributed by atoms with Crippen LogP contribution in [0.2, 0.25) is 0 Å². The smallest absolute Gasteiger partial charge is 0.199 e. The van der Waals surface area contributed by atoms with Gasteiger partial charge in [-0.05, 0) is 17.7 Å². The van der Waals surface area contributed by atoms with E-state index in [1.54, 1.807) is 6.20 Å². The van der Waals surface area contributed by atoms with Gasteiger partial charge in [0.1, 0.15) is 5.82 Å². The number of H-pyrrole nitrogens is 1. The Bertz CT molecular complexity index is 1030. The first-order valence-electron chi connectivity index (χ1n) is 7.28. The maximum absolute atomic E-state index is 6.04. The van der Waals surface area contributed by atoms with Crippen LogP contribution in [0.25, 0.3) is 34.0 Å².